The molecule has 1 aromatic carbocycles. The van der Waals surface area contributed by atoms with Crippen molar-refractivity contribution >= 4 is 0 Å². The van der Waals surface area contributed by atoms with E-state index in [1.165, 1.54) is 31.4 Å². The summed E-state index contributed by atoms with van der Waals surface area (Å²) in [5.41, 5.74) is 0.137. The summed E-state index contributed by atoms with van der Waals surface area (Å²) in [5.74, 6) is 0.594. The predicted octanol–water partition coefficient (Wildman–Crippen LogP) is 4.93. The molecular weight excluding hydrogens is 263 g/mol. The molecule has 0 spiro atoms. The Balaban J connectivity index is 2.07. The molecule has 1 saturated carbocycles. The van der Waals surface area contributed by atoms with Gasteiger partial charge in [-0.25, -0.2) is 0 Å². The Labute approximate surface area is 118 Å². The molecule has 1 aliphatic carbocycles. The molecule has 2 rings (SSSR count). The van der Waals surface area contributed by atoms with Crippen molar-refractivity contribution in [3.8, 4) is 0 Å². The standard InChI is InChI=1S/C16H22F3N/c1-11-6-3-4-9-15(11)20-12(2)13-7-5-8-14(10-13)16(17,18)19/h5,7-8,10-12,15,20H,3-4,6,9H2,1-2H3. The minimum atomic E-state index is -4.27. The highest BCUT2D eigenvalue weighted by molar-refractivity contribution is 5.27. The monoisotopic (exact) mass is 285 g/mol. The van der Waals surface area contributed by atoms with Gasteiger partial charge in [-0.2, -0.15) is 13.2 Å². The number of hydrogen-bond acceptors (Lipinski definition) is 1. The highest BCUT2D eigenvalue weighted by Crippen LogP contribution is 2.31. The van der Waals surface area contributed by atoms with Crippen LogP contribution in [0, 0.1) is 5.92 Å². The summed E-state index contributed by atoms with van der Waals surface area (Å²) in [7, 11) is 0. The minimum Gasteiger partial charge on any atom is -0.307 e. The van der Waals surface area contributed by atoms with Crippen LogP contribution in [0.5, 0.6) is 0 Å². The predicted molar refractivity (Wildman–Crippen MR) is 74.4 cm³/mol. The molecular formula is C16H22F3N. The molecule has 4 heteroatoms. The Bertz CT molecular complexity index is 442. The molecule has 0 saturated heterocycles. The lowest BCUT2D eigenvalue weighted by atomic mass is 9.85. The van der Waals surface area contributed by atoms with E-state index in [2.05, 4.69) is 12.2 Å². The van der Waals surface area contributed by atoms with Crippen molar-refractivity contribution in [3.63, 3.8) is 0 Å². The SMILES string of the molecule is CC(NC1CCCCC1C)c1cccc(C(F)(F)F)c1. The molecule has 1 aliphatic rings. The molecule has 1 nitrogen and oxygen atoms in total. The van der Waals surface area contributed by atoms with E-state index in [-0.39, 0.29) is 6.04 Å². The number of hydrogen-bond donors (Lipinski definition) is 1. The van der Waals surface area contributed by atoms with Gasteiger partial charge in [-0.05, 0) is 43.4 Å². The van der Waals surface area contributed by atoms with Crippen LogP contribution in [-0.4, -0.2) is 6.04 Å². The van der Waals surface area contributed by atoms with Gasteiger partial charge >= 0.3 is 6.18 Å². The molecule has 3 unspecified atom stereocenters. The summed E-state index contributed by atoms with van der Waals surface area (Å²) in [6.45, 7) is 4.16. The van der Waals surface area contributed by atoms with Crippen molar-refractivity contribution in [2.75, 3.05) is 0 Å². The quantitative estimate of drug-likeness (QED) is 0.830. The van der Waals surface area contributed by atoms with Crippen molar-refractivity contribution in [3.05, 3.63) is 35.4 Å². The van der Waals surface area contributed by atoms with E-state index in [0.717, 1.165) is 12.5 Å². The van der Waals surface area contributed by atoms with Crippen LogP contribution < -0.4 is 5.32 Å². The van der Waals surface area contributed by atoms with E-state index >= 15 is 0 Å². The summed E-state index contributed by atoms with van der Waals surface area (Å²) in [5, 5.41) is 3.50. The molecule has 1 fully saturated rings. The largest absolute Gasteiger partial charge is 0.416 e. The zero-order chi connectivity index (χ0) is 14.8. The molecule has 0 radical (unpaired) electrons. The Morgan fingerprint density at radius 1 is 1.20 bits per heavy atom. The maximum absolute atomic E-state index is 12.7. The molecule has 112 valence electrons. The van der Waals surface area contributed by atoms with Crippen LogP contribution >= 0.6 is 0 Å². The first kappa shape index (κ1) is 15.4. The molecule has 1 N–H and O–H groups in total. The maximum Gasteiger partial charge on any atom is 0.416 e. The summed E-state index contributed by atoms with van der Waals surface area (Å²) in [6, 6.07) is 5.99. The molecule has 0 aliphatic heterocycles. The average Bonchev–Trinajstić information content (AvgIpc) is 2.40. The number of nitrogens with one attached hydrogen (secondary N) is 1. The molecule has 0 aromatic heterocycles. The van der Waals surface area contributed by atoms with Gasteiger partial charge in [0.1, 0.15) is 0 Å². The van der Waals surface area contributed by atoms with Gasteiger partial charge in [-0.1, -0.05) is 31.9 Å². The van der Waals surface area contributed by atoms with Gasteiger partial charge in [0, 0.05) is 12.1 Å². The van der Waals surface area contributed by atoms with Gasteiger partial charge in [0.25, 0.3) is 0 Å². The fraction of sp³-hybridized carbons (Fsp3) is 0.625. The van der Waals surface area contributed by atoms with Gasteiger partial charge in [0.2, 0.25) is 0 Å². The lowest BCUT2D eigenvalue weighted by Gasteiger charge is -2.32. The summed E-state index contributed by atoms with van der Waals surface area (Å²) < 4.78 is 38.2. The number of halogens is 3. The molecule has 0 heterocycles. The third-order valence-corrected chi connectivity index (χ3v) is 4.29. The Hall–Kier alpha value is -1.03. The summed E-state index contributed by atoms with van der Waals surface area (Å²) >= 11 is 0. The lowest BCUT2D eigenvalue weighted by Crippen LogP contribution is -2.38. The highest BCUT2D eigenvalue weighted by atomic mass is 19.4. The van der Waals surface area contributed by atoms with Crippen LogP contribution in [-0.2, 0) is 6.18 Å². The van der Waals surface area contributed by atoms with E-state index in [1.54, 1.807) is 6.07 Å². The van der Waals surface area contributed by atoms with Gasteiger partial charge in [-0.15, -0.1) is 0 Å². The zero-order valence-corrected chi connectivity index (χ0v) is 12.0. The third-order valence-electron chi connectivity index (χ3n) is 4.29. The van der Waals surface area contributed by atoms with Crippen LogP contribution in [0.3, 0.4) is 0 Å². The number of alkyl halides is 3. The van der Waals surface area contributed by atoms with Gasteiger partial charge < -0.3 is 5.32 Å². The highest BCUT2D eigenvalue weighted by Gasteiger charge is 2.31. The molecule has 1 aromatic rings. The van der Waals surface area contributed by atoms with Crippen LogP contribution in [0.2, 0.25) is 0 Å². The Morgan fingerprint density at radius 2 is 1.90 bits per heavy atom. The van der Waals surface area contributed by atoms with Crippen LogP contribution in [0.4, 0.5) is 13.2 Å². The van der Waals surface area contributed by atoms with Gasteiger partial charge in [-0.3, -0.25) is 0 Å². The van der Waals surface area contributed by atoms with Crippen molar-refractivity contribution in [2.45, 2.75) is 57.8 Å². The summed E-state index contributed by atoms with van der Waals surface area (Å²) in [4.78, 5) is 0. The second-order valence-electron chi connectivity index (χ2n) is 5.88. The number of rotatable bonds is 3. The van der Waals surface area contributed by atoms with Gasteiger partial charge in [0.15, 0.2) is 0 Å². The van der Waals surface area contributed by atoms with Crippen LogP contribution in [0.25, 0.3) is 0 Å². The van der Waals surface area contributed by atoms with Crippen LogP contribution in [0.1, 0.15) is 56.7 Å². The second kappa shape index (κ2) is 6.17. The third kappa shape index (κ3) is 3.75. The van der Waals surface area contributed by atoms with E-state index in [1.807, 2.05) is 6.92 Å². The Morgan fingerprint density at radius 3 is 2.55 bits per heavy atom. The molecule has 20 heavy (non-hydrogen) atoms. The zero-order valence-electron chi connectivity index (χ0n) is 12.0. The van der Waals surface area contributed by atoms with E-state index in [0.29, 0.717) is 17.5 Å². The fourth-order valence-corrected chi connectivity index (χ4v) is 2.97. The van der Waals surface area contributed by atoms with Crippen molar-refractivity contribution in [2.24, 2.45) is 5.92 Å². The first-order valence-electron chi connectivity index (χ1n) is 7.31. The van der Waals surface area contributed by atoms with Gasteiger partial charge in [0.05, 0.1) is 5.56 Å². The van der Waals surface area contributed by atoms with Crippen LogP contribution in [0.15, 0.2) is 24.3 Å². The molecule has 0 bridgehead atoms. The summed E-state index contributed by atoms with van der Waals surface area (Å²) in [6.07, 6.45) is 0.514. The Kier molecular flexibility index (Phi) is 4.74. The average molecular weight is 285 g/mol. The first-order chi connectivity index (χ1) is 9.38. The topological polar surface area (TPSA) is 12.0 Å². The number of benzene rings is 1. The molecule has 3 atom stereocenters. The van der Waals surface area contributed by atoms with Crippen molar-refractivity contribution < 1.29 is 13.2 Å². The van der Waals surface area contributed by atoms with E-state index in [9.17, 15) is 13.2 Å². The normalized spacial score (nSPS) is 25.4. The second-order valence-corrected chi connectivity index (χ2v) is 5.88. The van der Waals surface area contributed by atoms with E-state index in [4.69, 9.17) is 0 Å². The minimum absolute atomic E-state index is 0.0529. The van der Waals surface area contributed by atoms with Crippen molar-refractivity contribution in [1.82, 2.24) is 5.32 Å². The maximum atomic E-state index is 12.7. The lowest BCUT2D eigenvalue weighted by molar-refractivity contribution is -0.137. The first-order valence-corrected chi connectivity index (χ1v) is 7.31. The molecule has 0 amide bonds. The van der Waals surface area contributed by atoms with Crippen molar-refractivity contribution in [1.29, 1.82) is 0 Å². The smallest absolute Gasteiger partial charge is 0.307 e. The fourth-order valence-electron chi connectivity index (χ4n) is 2.97. The van der Waals surface area contributed by atoms with E-state index < -0.39 is 11.7 Å².